The fourth-order valence-corrected chi connectivity index (χ4v) is 2.89. The fourth-order valence-electron chi connectivity index (χ4n) is 2.89. The Balaban J connectivity index is 1.72. The molecule has 0 bridgehead atoms. The lowest BCUT2D eigenvalue weighted by molar-refractivity contribution is 0.0524. The number of piperidine rings is 1. The van der Waals surface area contributed by atoms with E-state index in [0.29, 0.717) is 24.8 Å². The van der Waals surface area contributed by atoms with Gasteiger partial charge >= 0.3 is 0 Å². The molecular weight excluding hydrogens is 323 g/mol. The lowest BCUT2D eigenvalue weighted by Gasteiger charge is -2.33. The number of nitrogens with zero attached hydrogens (tertiary/aromatic N) is 4. The van der Waals surface area contributed by atoms with Crippen molar-refractivity contribution < 1.29 is 13.9 Å². The highest BCUT2D eigenvalue weighted by atomic mass is 19.1. The molecule has 1 atom stereocenters. The summed E-state index contributed by atoms with van der Waals surface area (Å²) in [5, 5.41) is 0. The monoisotopic (exact) mass is 344 g/mol. The molecule has 6 nitrogen and oxygen atoms in total. The molecule has 0 N–H and O–H groups in total. The highest BCUT2D eigenvalue weighted by Gasteiger charge is 2.28. The summed E-state index contributed by atoms with van der Waals surface area (Å²) in [7, 11) is 3.73. The van der Waals surface area contributed by atoms with Crippen LogP contribution in [0.25, 0.3) is 0 Å². The third-order valence-corrected chi connectivity index (χ3v) is 4.12. The molecule has 1 unspecified atom stereocenters. The van der Waals surface area contributed by atoms with Crippen LogP contribution in [0.5, 0.6) is 5.88 Å². The molecule has 132 valence electrons. The standard InChI is InChI=1S/C18H21FN4O2/c1-22(2)16-17(21-10-9-20-16)25-13-6-5-11-23(12-13)18(24)14-7-3-4-8-15(14)19/h3-4,7-10,13H,5-6,11-12H2,1-2H3. The number of hydrogen-bond donors (Lipinski definition) is 0. The molecule has 2 aromatic rings. The highest BCUT2D eigenvalue weighted by molar-refractivity contribution is 5.94. The van der Waals surface area contributed by atoms with Gasteiger partial charge in [-0.2, -0.15) is 0 Å². The average Bonchev–Trinajstić information content (AvgIpc) is 2.62. The van der Waals surface area contributed by atoms with Crippen molar-refractivity contribution in [3.8, 4) is 5.88 Å². The van der Waals surface area contributed by atoms with E-state index >= 15 is 0 Å². The van der Waals surface area contributed by atoms with Gasteiger partial charge in [-0.1, -0.05) is 12.1 Å². The van der Waals surface area contributed by atoms with Crippen molar-refractivity contribution in [1.29, 1.82) is 0 Å². The predicted molar refractivity (Wildman–Crippen MR) is 92.3 cm³/mol. The Kier molecular flexibility index (Phi) is 5.11. The van der Waals surface area contributed by atoms with E-state index in [4.69, 9.17) is 4.74 Å². The van der Waals surface area contributed by atoms with Crippen LogP contribution in [-0.2, 0) is 0 Å². The minimum atomic E-state index is -0.501. The van der Waals surface area contributed by atoms with Crippen molar-refractivity contribution in [2.75, 3.05) is 32.1 Å². The quantitative estimate of drug-likeness (QED) is 0.852. The van der Waals surface area contributed by atoms with E-state index in [0.717, 1.165) is 12.8 Å². The fraction of sp³-hybridized carbons (Fsp3) is 0.389. The van der Waals surface area contributed by atoms with Gasteiger partial charge in [0.2, 0.25) is 0 Å². The van der Waals surface area contributed by atoms with Gasteiger partial charge in [-0.15, -0.1) is 0 Å². The van der Waals surface area contributed by atoms with Crippen molar-refractivity contribution in [3.05, 3.63) is 48.0 Å². The molecule has 7 heteroatoms. The summed E-state index contributed by atoms with van der Waals surface area (Å²) in [4.78, 5) is 24.6. The predicted octanol–water partition coefficient (Wildman–Crippen LogP) is 2.37. The molecule has 1 saturated heterocycles. The Bertz CT molecular complexity index is 753. The first kappa shape index (κ1) is 17.1. The zero-order valence-corrected chi connectivity index (χ0v) is 14.4. The maximum Gasteiger partial charge on any atom is 0.257 e. The van der Waals surface area contributed by atoms with Crippen LogP contribution in [0.2, 0.25) is 0 Å². The Hall–Kier alpha value is -2.70. The maximum atomic E-state index is 13.9. The van der Waals surface area contributed by atoms with E-state index in [2.05, 4.69) is 9.97 Å². The number of anilines is 1. The molecule has 1 aliphatic heterocycles. The van der Waals surface area contributed by atoms with Crippen LogP contribution in [0, 0.1) is 5.82 Å². The Morgan fingerprint density at radius 1 is 1.28 bits per heavy atom. The minimum absolute atomic E-state index is 0.0941. The highest BCUT2D eigenvalue weighted by Crippen LogP contribution is 2.24. The second-order valence-electron chi connectivity index (χ2n) is 6.19. The van der Waals surface area contributed by atoms with Gasteiger partial charge < -0.3 is 14.5 Å². The third-order valence-electron chi connectivity index (χ3n) is 4.12. The summed E-state index contributed by atoms with van der Waals surface area (Å²) in [5.74, 6) is 0.274. The SMILES string of the molecule is CN(C)c1nccnc1OC1CCCN(C(=O)c2ccccc2F)C1. The molecule has 3 rings (SSSR count). The number of amides is 1. The largest absolute Gasteiger partial charge is 0.470 e. The normalized spacial score (nSPS) is 17.2. The lowest BCUT2D eigenvalue weighted by atomic mass is 10.1. The summed E-state index contributed by atoms with van der Waals surface area (Å²) >= 11 is 0. The molecule has 0 aliphatic carbocycles. The Morgan fingerprint density at radius 2 is 2.04 bits per heavy atom. The smallest absolute Gasteiger partial charge is 0.257 e. The molecule has 1 fully saturated rings. The van der Waals surface area contributed by atoms with E-state index < -0.39 is 5.82 Å². The first-order valence-electron chi connectivity index (χ1n) is 8.25. The number of benzene rings is 1. The van der Waals surface area contributed by atoms with E-state index in [1.54, 1.807) is 29.4 Å². The van der Waals surface area contributed by atoms with Crippen molar-refractivity contribution in [2.24, 2.45) is 0 Å². The van der Waals surface area contributed by atoms with E-state index in [1.165, 1.54) is 12.1 Å². The number of ether oxygens (including phenoxy) is 1. The van der Waals surface area contributed by atoms with Crippen LogP contribution < -0.4 is 9.64 Å². The van der Waals surface area contributed by atoms with Crippen LogP contribution in [0.1, 0.15) is 23.2 Å². The molecule has 25 heavy (non-hydrogen) atoms. The van der Waals surface area contributed by atoms with E-state index in [9.17, 15) is 9.18 Å². The molecule has 0 saturated carbocycles. The summed E-state index contributed by atoms with van der Waals surface area (Å²) in [6, 6.07) is 6.05. The molecule has 1 aromatic heterocycles. The van der Waals surface area contributed by atoms with Gasteiger partial charge in [-0.25, -0.2) is 14.4 Å². The lowest BCUT2D eigenvalue weighted by Crippen LogP contribution is -2.44. The third kappa shape index (κ3) is 3.87. The molecule has 1 aromatic carbocycles. The van der Waals surface area contributed by atoms with Crippen LogP contribution in [0.15, 0.2) is 36.7 Å². The first-order chi connectivity index (χ1) is 12.1. The first-order valence-corrected chi connectivity index (χ1v) is 8.25. The summed E-state index contributed by atoms with van der Waals surface area (Å²) in [6.07, 6.45) is 4.59. The second kappa shape index (κ2) is 7.46. The number of aromatic nitrogens is 2. The number of likely N-dealkylation sites (tertiary alicyclic amines) is 1. The molecule has 0 radical (unpaired) electrons. The molecule has 1 amide bonds. The number of hydrogen-bond acceptors (Lipinski definition) is 5. The number of carbonyl (C=O) groups excluding carboxylic acids is 1. The van der Waals surface area contributed by atoms with Crippen molar-refractivity contribution in [3.63, 3.8) is 0 Å². The Labute approximate surface area is 146 Å². The van der Waals surface area contributed by atoms with Gasteiger partial charge in [-0.3, -0.25) is 4.79 Å². The molecule has 2 heterocycles. The summed E-state index contributed by atoms with van der Waals surface area (Å²) in [6.45, 7) is 0.991. The maximum absolute atomic E-state index is 13.9. The van der Waals surface area contributed by atoms with Crippen LogP contribution in [0.4, 0.5) is 10.2 Å². The van der Waals surface area contributed by atoms with E-state index in [-0.39, 0.29) is 17.6 Å². The van der Waals surface area contributed by atoms with Gasteiger partial charge in [0.15, 0.2) is 5.82 Å². The van der Waals surface area contributed by atoms with Crippen LogP contribution >= 0.6 is 0 Å². The molecule has 1 aliphatic rings. The second-order valence-corrected chi connectivity index (χ2v) is 6.19. The number of halogens is 1. The van der Waals surface area contributed by atoms with Crippen molar-refractivity contribution >= 4 is 11.7 Å². The molecular formula is C18H21FN4O2. The minimum Gasteiger partial charge on any atom is -0.470 e. The van der Waals surface area contributed by atoms with Crippen molar-refractivity contribution in [1.82, 2.24) is 14.9 Å². The zero-order valence-electron chi connectivity index (χ0n) is 14.4. The van der Waals surface area contributed by atoms with Crippen LogP contribution in [0.3, 0.4) is 0 Å². The summed E-state index contributed by atoms with van der Waals surface area (Å²) in [5.41, 5.74) is 0.0941. The Morgan fingerprint density at radius 3 is 2.80 bits per heavy atom. The zero-order chi connectivity index (χ0) is 17.8. The van der Waals surface area contributed by atoms with Gasteiger partial charge in [0.05, 0.1) is 12.1 Å². The van der Waals surface area contributed by atoms with Gasteiger partial charge in [0, 0.05) is 33.0 Å². The van der Waals surface area contributed by atoms with Crippen LogP contribution in [-0.4, -0.2) is 54.1 Å². The number of rotatable bonds is 4. The molecule has 0 spiro atoms. The van der Waals surface area contributed by atoms with E-state index in [1.807, 2.05) is 19.0 Å². The van der Waals surface area contributed by atoms with Gasteiger partial charge in [0.25, 0.3) is 11.8 Å². The van der Waals surface area contributed by atoms with Crippen molar-refractivity contribution in [2.45, 2.75) is 18.9 Å². The number of carbonyl (C=O) groups is 1. The van der Waals surface area contributed by atoms with Gasteiger partial charge in [0.1, 0.15) is 11.9 Å². The van der Waals surface area contributed by atoms with Gasteiger partial charge in [-0.05, 0) is 25.0 Å². The topological polar surface area (TPSA) is 58.6 Å². The average molecular weight is 344 g/mol. The summed E-state index contributed by atoms with van der Waals surface area (Å²) < 4.78 is 19.9.